The number of allylic oxidation sites excluding steroid dienone is 1. The van der Waals surface area contributed by atoms with E-state index >= 15 is 0 Å². The first-order valence-corrected chi connectivity index (χ1v) is 4.73. The van der Waals surface area contributed by atoms with Crippen molar-refractivity contribution < 1.29 is 0 Å². The number of nitrogens with zero attached hydrogens (tertiary/aromatic N) is 1. The summed E-state index contributed by atoms with van der Waals surface area (Å²) in [6.45, 7) is 2.04. The number of benzene rings is 1. The van der Waals surface area contributed by atoms with Gasteiger partial charge < -0.3 is 5.73 Å². The summed E-state index contributed by atoms with van der Waals surface area (Å²) in [6.07, 6.45) is 1.69. The number of nitrogens with two attached hydrogens (primary N) is 1. The molecule has 0 amide bonds. The molecule has 0 aliphatic heterocycles. The number of hydrogen-bond donors (Lipinski definition) is 1. The highest BCUT2D eigenvalue weighted by atomic mass is 14.6. The van der Waals surface area contributed by atoms with Crippen molar-refractivity contribution in [2.24, 2.45) is 5.73 Å². The molecule has 0 radical (unpaired) electrons. The third-order valence-corrected chi connectivity index (χ3v) is 2.04. The van der Waals surface area contributed by atoms with E-state index in [1.807, 2.05) is 37.3 Å². The molecule has 1 rings (SSSR count). The Hall–Kier alpha value is -1.75. The third kappa shape index (κ3) is 2.37. The van der Waals surface area contributed by atoms with Gasteiger partial charge in [0.25, 0.3) is 0 Å². The average molecular weight is 186 g/mol. The average Bonchev–Trinajstić information content (AvgIpc) is 2.26. The standard InChI is InChI=1S/C12H14N2/c1-2-6-11(9-13)12(14)10-7-4-3-5-8-10/h3-5,7-8H,2,6,14H2,1H3/b12-11-. The number of hydrogen-bond acceptors (Lipinski definition) is 2. The van der Waals surface area contributed by atoms with Crippen molar-refractivity contribution in [3.8, 4) is 6.07 Å². The van der Waals surface area contributed by atoms with E-state index in [1.165, 1.54) is 0 Å². The minimum atomic E-state index is 0.606. The van der Waals surface area contributed by atoms with E-state index in [0.29, 0.717) is 11.3 Å². The molecule has 2 nitrogen and oxygen atoms in total. The Bertz CT molecular complexity index is 358. The molecular weight excluding hydrogens is 172 g/mol. The Kier molecular flexibility index (Phi) is 3.75. The number of rotatable bonds is 3. The Morgan fingerprint density at radius 3 is 2.50 bits per heavy atom. The Balaban J connectivity index is 3.03. The van der Waals surface area contributed by atoms with Crippen LogP contribution >= 0.6 is 0 Å². The van der Waals surface area contributed by atoms with Gasteiger partial charge in [0.2, 0.25) is 0 Å². The summed E-state index contributed by atoms with van der Waals surface area (Å²) in [7, 11) is 0. The van der Waals surface area contributed by atoms with Gasteiger partial charge in [0.1, 0.15) is 0 Å². The van der Waals surface area contributed by atoms with Crippen molar-refractivity contribution in [1.82, 2.24) is 0 Å². The van der Waals surface area contributed by atoms with Gasteiger partial charge in [-0.1, -0.05) is 43.7 Å². The van der Waals surface area contributed by atoms with Crippen molar-refractivity contribution >= 4 is 5.70 Å². The third-order valence-electron chi connectivity index (χ3n) is 2.04. The first kappa shape index (κ1) is 10.3. The van der Waals surface area contributed by atoms with Crippen LogP contribution in [0.4, 0.5) is 0 Å². The fraction of sp³-hybridized carbons (Fsp3) is 0.250. The molecule has 0 aliphatic carbocycles. The van der Waals surface area contributed by atoms with Crippen LogP contribution in [0.5, 0.6) is 0 Å². The molecule has 0 saturated heterocycles. The largest absolute Gasteiger partial charge is 0.397 e. The fourth-order valence-corrected chi connectivity index (χ4v) is 1.29. The van der Waals surface area contributed by atoms with Gasteiger partial charge in [-0.2, -0.15) is 5.26 Å². The summed E-state index contributed by atoms with van der Waals surface area (Å²) in [6, 6.07) is 11.8. The number of nitriles is 1. The van der Waals surface area contributed by atoms with Gasteiger partial charge in [-0.25, -0.2) is 0 Å². The molecule has 0 heterocycles. The normalized spacial score (nSPS) is 11.7. The maximum absolute atomic E-state index is 8.90. The van der Waals surface area contributed by atoms with Crippen LogP contribution in [-0.4, -0.2) is 0 Å². The summed E-state index contributed by atoms with van der Waals surface area (Å²) in [5, 5.41) is 8.90. The zero-order chi connectivity index (χ0) is 10.4. The lowest BCUT2D eigenvalue weighted by Crippen LogP contribution is -2.00. The van der Waals surface area contributed by atoms with Crippen LogP contribution in [0, 0.1) is 11.3 Å². The van der Waals surface area contributed by atoms with Gasteiger partial charge in [-0.3, -0.25) is 0 Å². The lowest BCUT2D eigenvalue weighted by Gasteiger charge is -2.04. The van der Waals surface area contributed by atoms with Crippen LogP contribution in [-0.2, 0) is 0 Å². The van der Waals surface area contributed by atoms with E-state index < -0.39 is 0 Å². The van der Waals surface area contributed by atoms with Gasteiger partial charge >= 0.3 is 0 Å². The van der Waals surface area contributed by atoms with Gasteiger partial charge in [-0.05, 0) is 12.0 Å². The van der Waals surface area contributed by atoms with Crippen LogP contribution in [0.1, 0.15) is 25.3 Å². The van der Waals surface area contributed by atoms with Crippen LogP contribution in [0.3, 0.4) is 0 Å². The molecule has 0 spiro atoms. The van der Waals surface area contributed by atoms with Gasteiger partial charge in [0, 0.05) is 0 Å². The minimum Gasteiger partial charge on any atom is -0.397 e. The van der Waals surface area contributed by atoms with Crippen molar-refractivity contribution in [1.29, 1.82) is 5.26 Å². The molecule has 0 bridgehead atoms. The van der Waals surface area contributed by atoms with Crippen LogP contribution in [0.2, 0.25) is 0 Å². The van der Waals surface area contributed by atoms with Gasteiger partial charge in [0.15, 0.2) is 0 Å². The molecule has 2 N–H and O–H groups in total. The maximum Gasteiger partial charge on any atom is 0.0968 e. The highest BCUT2D eigenvalue weighted by Crippen LogP contribution is 2.16. The smallest absolute Gasteiger partial charge is 0.0968 e. The second kappa shape index (κ2) is 5.08. The zero-order valence-corrected chi connectivity index (χ0v) is 8.33. The maximum atomic E-state index is 8.90. The van der Waals surface area contributed by atoms with Gasteiger partial charge in [0.05, 0.1) is 17.3 Å². The summed E-state index contributed by atoms with van der Waals surface area (Å²) in [4.78, 5) is 0. The predicted molar refractivity (Wildman–Crippen MR) is 58.1 cm³/mol. The zero-order valence-electron chi connectivity index (χ0n) is 8.33. The molecule has 0 aliphatic rings. The van der Waals surface area contributed by atoms with E-state index in [1.54, 1.807) is 0 Å². The van der Waals surface area contributed by atoms with E-state index in [0.717, 1.165) is 18.4 Å². The van der Waals surface area contributed by atoms with Crippen LogP contribution in [0.25, 0.3) is 5.70 Å². The Labute approximate surface area is 84.7 Å². The molecule has 0 fully saturated rings. The lowest BCUT2D eigenvalue weighted by molar-refractivity contribution is 0.929. The minimum absolute atomic E-state index is 0.606. The fourth-order valence-electron chi connectivity index (χ4n) is 1.29. The highest BCUT2D eigenvalue weighted by molar-refractivity contribution is 5.68. The predicted octanol–water partition coefficient (Wildman–Crippen LogP) is 2.68. The van der Waals surface area contributed by atoms with E-state index in [2.05, 4.69) is 6.07 Å². The molecule has 2 heteroatoms. The molecule has 0 aromatic heterocycles. The molecule has 14 heavy (non-hydrogen) atoms. The second-order valence-electron chi connectivity index (χ2n) is 3.12. The second-order valence-corrected chi connectivity index (χ2v) is 3.12. The molecule has 72 valence electrons. The van der Waals surface area contributed by atoms with Gasteiger partial charge in [-0.15, -0.1) is 0 Å². The van der Waals surface area contributed by atoms with Crippen LogP contribution < -0.4 is 5.73 Å². The Morgan fingerprint density at radius 2 is 2.00 bits per heavy atom. The summed E-state index contributed by atoms with van der Waals surface area (Å²) < 4.78 is 0. The van der Waals surface area contributed by atoms with E-state index in [9.17, 15) is 0 Å². The van der Waals surface area contributed by atoms with E-state index in [-0.39, 0.29) is 0 Å². The molecule has 1 aromatic carbocycles. The summed E-state index contributed by atoms with van der Waals surface area (Å²) in [5.74, 6) is 0. The quantitative estimate of drug-likeness (QED) is 0.738. The summed E-state index contributed by atoms with van der Waals surface area (Å²) in [5.41, 5.74) is 8.11. The summed E-state index contributed by atoms with van der Waals surface area (Å²) >= 11 is 0. The van der Waals surface area contributed by atoms with Crippen molar-refractivity contribution in [2.45, 2.75) is 19.8 Å². The van der Waals surface area contributed by atoms with Crippen molar-refractivity contribution in [3.05, 3.63) is 41.5 Å². The lowest BCUT2D eigenvalue weighted by atomic mass is 10.0. The van der Waals surface area contributed by atoms with Crippen molar-refractivity contribution in [3.63, 3.8) is 0 Å². The molecule has 1 aromatic rings. The van der Waals surface area contributed by atoms with Crippen LogP contribution in [0.15, 0.2) is 35.9 Å². The van der Waals surface area contributed by atoms with Crippen molar-refractivity contribution in [2.75, 3.05) is 0 Å². The molecule has 0 atom stereocenters. The first-order valence-electron chi connectivity index (χ1n) is 4.73. The molecule has 0 saturated carbocycles. The first-order chi connectivity index (χ1) is 6.79. The monoisotopic (exact) mass is 186 g/mol. The highest BCUT2D eigenvalue weighted by Gasteiger charge is 2.03. The SMILES string of the molecule is CCC/C(C#N)=C(/N)c1ccccc1. The Morgan fingerprint density at radius 1 is 1.36 bits per heavy atom. The van der Waals surface area contributed by atoms with E-state index in [4.69, 9.17) is 11.0 Å². The molecule has 0 unspecified atom stereocenters. The molecular formula is C12H14N2. The topological polar surface area (TPSA) is 49.8 Å².